The van der Waals surface area contributed by atoms with Crippen molar-refractivity contribution in [2.75, 3.05) is 19.0 Å². The molecule has 114 valence electrons. The summed E-state index contributed by atoms with van der Waals surface area (Å²) in [6.45, 7) is 1.93. The molecule has 0 aliphatic carbocycles. The van der Waals surface area contributed by atoms with E-state index in [1.807, 2.05) is 49.0 Å². The number of rotatable bonds is 3. The molecule has 0 aliphatic rings. The quantitative estimate of drug-likeness (QED) is 0.805. The molecule has 0 aliphatic heterocycles. The first-order valence-electron chi connectivity index (χ1n) is 6.82. The Morgan fingerprint density at radius 2 is 2.23 bits per heavy atom. The van der Waals surface area contributed by atoms with Gasteiger partial charge in [0, 0.05) is 21.1 Å². The molecule has 1 N–H and O–H groups in total. The van der Waals surface area contributed by atoms with E-state index in [1.165, 1.54) is 11.3 Å². The zero-order valence-electron chi connectivity index (χ0n) is 12.9. The molecule has 0 spiro atoms. The third kappa shape index (κ3) is 2.43. The maximum atomic E-state index is 12.0. The van der Waals surface area contributed by atoms with Crippen molar-refractivity contribution >= 4 is 39.2 Å². The van der Waals surface area contributed by atoms with Gasteiger partial charge in [-0.2, -0.15) is 0 Å². The zero-order valence-corrected chi connectivity index (χ0v) is 13.7. The monoisotopic (exact) mass is 315 g/mol. The van der Waals surface area contributed by atoms with E-state index in [0.717, 1.165) is 22.0 Å². The average Bonchev–Trinajstić information content (AvgIpc) is 3.06. The maximum Gasteiger partial charge on any atom is 0.259 e. The SMILES string of the molecule is C/C(=C\c1cnc(N(C)C)n1C)c1nc2sccc2c(=O)[nH]1. The van der Waals surface area contributed by atoms with Crippen molar-refractivity contribution in [2.24, 2.45) is 7.05 Å². The van der Waals surface area contributed by atoms with E-state index >= 15 is 0 Å². The predicted octanol–water partition coefficient (Wildman–Crippen LogP) is 2.34. The molecule has 0 bridgehead atoms. The van der Waals surface area contributed by atoms with E-state index in [9.17, 15) is 4.79 Å². The number of fused-ring (bicyclic) bond motifs is 1. The smallest absolute Gasteiger partial charge is 0.259 e. The number of anilines is 1. The molecular weight excluding hydrogens is 298 g/mol. The van der Waals surface area contributed by atoms with Gasteiger partial charge < -0.3 is 14.5 Å². The summed E-state index contributed by atoms with van der Waals surface area (Å²) in [6.07, 6.45) is 3.78. The summed E-state index contributed by atoms with van der Waals surface area (Å²) < 4.78 is 1.99. The fraction of sp³-hybridized carbons (Fsp3) is 0.267. The number of hydrogen-bond donors (Lipinski definition) is 1. The van der Waals surface area contributed by atoms with Crippen molar-refractivity contribution in [1.29, 1.82) is 0 Å². The zero-order chi connectivity index (χ0) is 15.9. The Labute approximate surface area is 131 Å². The molecule has 3 aromatic heterocycles. The van der Waals surface area contributed by atoms with Crippen LogP contribution in [0.5, 0.6) is 0 Å². The lowest BCUT2D eigenvalue weighted by atomic mass is 10.2. The number of allylic oxidation sites excluding steroid dienone is 1. The third-order valence-corrected chi connectivity index (χ3v) is 4.28. The summed E-state index contributed by atoms with van der Waals surface area (Å²) in [7, 11) is 5.86. The Morgan fingerprint density at radius 1 is 1.45 bits per heavy atom. The van der Waals surface area contributed by atoms with Crippen LogP contribution in [0.15, 0.2) is 22.4 Å². The van der Waals surface area contributed by atoms with Gasteiger partial charge >= 0.3 is 0 Å². The minimum absolute atomic E-state index is 0.104. The number of thiophene rings is 1. The van der Waals surface area contributed by atoms with Crippen LogP contribution in [0.25, 0.3) is 21.9 Å². The first kappa shape index (κ1) is 14.5. The van der Waals surface area contributed by atoms with Crippen molar-refractivity contribution in [2.45, 2.75) is 6.92 Å². The Balaban J connectivity index is 2.05. The molecule has 3 aromatic rings. The molecule has 6 nitrogen and oxygen atoms in total. The molecule has 22 heavy (non-hydrogen) atoms. The summed E-state index contributed by atoms with van der Waals surface area (Å²) in [6, 6.07) is 1.79. The van der Waals surface area contributed by atoms with Gasteiger partial charge in [0.05, 0.1) is 17.3 Å². The van der Waals surface area contributed by atoms with Crippen molar-refractivity contribution in [3.63, 3.8) is 0 Å². The molecule has 0 atom stereocenters. The summed E-state index contributed by atoms with van der Waals surface area (Å²) in [5.74, 6) is 1.46. The largest absolute Gasteiger partial charge is 0.348 e. The van der Waals surface area contributed by atoms with Crippen molar-refractivity contribution in [3.8, 4) is 0 Å². The highest BCUT2D eigenvalue weighted by Gasteiger charge is 2.09. The van der Waals surface area contributed by atoms with Gasteiger partial charge in [-0.05, 0) is 30.0 Å². The lowest BCUT2D eigenvalue weighted by molar-refractivity contribution is 0.859. The van der Waals surface area contributed by atoms with Gasteiger partial charge in [-0.25, -0.2) is 9.97 Å². The fourth-order valence-corrected chi connectivity index (χ4v) is 3.07. The molecule has 0 saturated carbocycles. The predicted molar refractivity (Wildman–Crippen MR) is 91.3 cm³/mol. The highest BCUT2D eigenvalue weighted by molar-refractivity contribution is 7.16. The first-order valence-corrected chi connectivity index (χ1v) is 7.70. The Bertz CT molecular complexity index is 916. The average molecular weight is 315 g/mol. The standard InChI is InChI=1S/C15H17N5OS/c1-9(7-10-8-16-15(19(2)3)20(10)4)12-17-13(21)11-5-6-22-14(11)18-12/h5-8H,1-4H3,(H,17,18,21)/b9-7+. The van der Waals surface area contributed by atoms with Crippen LogP contribution in [0.1, 0.15) is 18.4 Å². The van der Waals surface area contributed by atoms with Crippen LogP contribution in [-0.2, 0) is 7.05 Å². The Morgan fingerprint density at radius 3 is 2.91 bits per heavy atom. The molecule has 0 aromatic carbocycles. The van der Waals surface area contributed by atoms with Crippen LogP contribution >= 0.6 is 11.3 Å². The van der Waals surface area contributed by atoms with Gasteiger partial charge in [-0.1, -0.05) is 0 Å². The summed E-state index contributed by atoms with van der Waals surface area (Å²) >= 11 is 1.47. The van der Waals surface area contributed by atoms with Gasteiger partial charge in [-0.3, -0.25) is 4.79 Å². The number of nitrogens with one attached hydrogen (secondary N) is 1. The summed E-state index contributed by atoms with van der Waals surface area (Å²) in [4.78, 5) is 26.5. The lowest BCUT2D eigenvalue weighted by Gasteiger charge is -2.11. The van der Waals surface area contributed by atoms with Crippen LogP contribution in [0.2, 0.25) is 0 Å². The van der Waals surface area contributed by atoms with Crippen LogP contribution in [0.4, 0.5) is 5.95 Å². The minimum Gasteiger partial charge on any atom is -0.348 e. The highest BCUT2D eigenvalue weighted by Crippen LogP contribution is 2.20. The number of imidazole rings is 1. The first-order chi connectivity index (χ1) is 10.5. The van der Waals surface area contributed by atoms with E-state index in [4.69, 9.17) is 0 Å². The van der Waals surface area contributed by atoms with Crippen molar-refractivity contribution < 1.29 is 0 Å². The minimum atomic E-state index is -0.104. The fourth-order valence-electron chi connectivity index (χ4n) is 2.30. The van der Waals surface area contributed by atoms with Gasteiger partial charge in [0.25, 0.3) is 5.56 Å². The second-order valence-electron chi connectivity index (χ2n) is 5.32. The highest BCUT2D eigenvalue weighted by atomic mass is 32.1. The second kappa shape index (κ2) is 5.42. The molecule has 0 amide bonds. The van der Waals surface area contributed by atoms with Crippen LogP contribution in [-0.4, -0.2) is 33.6 Å². The van der Waals surface area contributed by atoms with E-state index in [0.29, 0.717) is 11.2 Å². The number of aromatic amines is 1. The number of H-pyrrole nitrogens is 1. The summed E-state index contributed by atoms with van der Waals surface area (Å²) in [5.41, 5.74) is 1.74. The topological polar surface area (TPSA) is 66.8 Å². The number of nitrogens with zero attached hydrogens (tertiary/aromatic N) is 4. The van der Waals surface area contributed by atoms with Gasteiger partial charge in [0.2, 0.25) is 5.95 Å². The van der Waals surface area contributed by atoms with Gasteiger partial charge in [0.15, 0.2) is 0 Å². The molecule has 7 heteroatoms. The molecule has 0 fully saturated rings. The molecule has 0 saturated heterocycles. The molecule has 3 rings (SSSR count). The van der Waals surface area contributed by atoms with E-state index in [2.05, 4.69) is 15.0 Å². The van der Waals surface area contributed by atoms with E-state index in [-0.39, 0.29) is 5.56 Å². The maximum absolute atomic E-state index is 12.0. The second-order valence-corrected chi connectivity index (χ2v) is 6.21. The Hall–Kier alpha value is -2.41. The third-order valence-electron chi connectivity index (χ3n) is 3.47. The van der Waals surface area contributed by atoms with Crippen LogP contribution in [0.3, 0.4) is 0 Å². The van der Waals surface area contributed by atoms with Crippen molar-refractivity contribution in [1.82, 2.24) is 19.5 Å². The lowest BCUT2D eigenvalue weighted by Crippen LogP contribution is -2.14. The van der Waals surface area contributed by atoms with Crippen molar-refractivity contribution in [3.05, 3.63) is 39.5 Å². The van der Waals surface area contributed by atoms with Crippen LogP contribution in [0, 0.1) is 0 Å². The molecule has 3 heterocycles. The van der Waals surface area contributed by atoms with Crippen LogP contribution < -0.4 is 10.5 Å². The molecule has 0 unspecified atom stereocenters. The number of hydrogen-bond acceptors (Lipinski definition) is 5. The number of aromatic nitrogens is 4. The molecular formula is C15H17N5OS. The Kier molecular flexibility index (Phi) is 3.58. The van der Waals surface area contributed by atoms with Gasteiger partial charge in [0.1, 0.15) is 10.7 Å². The van der Waals surface area contributed by atoms with E-state index < -0.39 is 0 Å². The molecule has 0 radical (unpaired) electrons. The normalized spacial score (nSPS) is 12.1. The summed E-state index contributed by atoms with van der Waals surface area (Å²) in [5, 5.41) is 2.51. The van der Waals surface area contributed by atoms with E-state index in [1.54, 1.807) is 12.3 Å². The van der Waals surface area contributed by atoms with Gasteiger partial charge in [-0.15, -0.1) is 11.3 Å².